The Labute approximate surface area is 234 Å². The third-order valence-corrected chi connectivity index (χ3v) is 7.15. The van der Waals surface area contributed by atoms with Crippen molar-refractivity contribution in [3.8, 4) is 16.9 Å². The average molecular weight is 575 g/mol. The molecule has 0 saturated carbocycles. The summed E-state index contributed by atoms with van der Waals surface area (Å²) in [6, 6.07) is 7.97. The molecular formula is C28H21F3N8O3. The summed E-state index contributed by atoms with van der Waals surface area (Å²) in [5.41, 5.74) is 18.3. The van der Waals surface area contributed by atoms with Crippen LogP contribution in [0.3, 0.4) is 0 Å². The minimum Gasteiger partial charge on any atom is -0.477 e. The summed E-state index contributed by atoms with van der Waals surface area (Å²) < 4.78 is 45.2. The van der Waals surface area contributed by atoms with Crippen molar-refractivity contribution in [2.45, 2.75) is 13.0 Å². The minimum absolute atomic E-state index is 0.0558. The van der Waals surface area contributed by atoms with Crippen molar-refractivity contribution in [1.29, 1.82) is 0 Å². The fourth-order valence-corrected chi connectivity index (χ4v) is 5.10. The van der Waals surface area contributed by atoms with Crippen molar-refractivity contribution in [2.24, 2.45) is 0 Å². The van der Waals surface area contributed by atoms with Crippen molar-refractivity contribution in [3.63, 3.8) is 0 Å². The highest BCUT2D eigenvalue weighted by molar-refractivity contribution is 5.94. The Morgan fingerprint density at radius 3 is 2.50 bits per heavy atom. The van der Waals surface area contributed by atoms with Gasteiger partial charge in [0.1, 0.15) is 17.2 Å². The number of carboxylic acids is 1. The monoisotopic (exact) mass is 574 g/mol. The summed E-state index contributed by atoms with van der Waals surface area (Å²) in [7, 11) is 0. The number of hydrogen-bond donors (Lipinski definition) is 4. The van der Waals surface area contributed by atoms with E-state index in [1.807, 2.05) is 6.07 Å². The Morgan fingerprint density at radius 1 is 0.976 bits per heavy atom. The zero-order chi connectivity index (χ0) is 29.9. The molecule has 0 amide bonds. The van der Waals surface area contributed by atoms with Crippen LogP contribution in [0.1, 0.15) is 21.5 Å². The Balaban J connectivity index is 1.47. The largest absolute Gasteiger partial charge is 0.477 e. The van der Waals surface area contributed by atoms with Crippen LogP contribution >= 0.6 is 0 Å². The summed E-state index contributed by atoms with van der Waals surface area (Å²) in [5.74, 6) is -5.57. The molecule has 5 aromatic rings. The molecule has 4 heterocycles. The number of hydrogen-bond acceptors (Lipinski definition) is 9. The molecule has 1 aliphatic rings. The highest BCUT2D eigenvalue weighted by Crippen LogP contribution is 2.36. The van der Waals surface area contributed by atoms with Crippen LogP contribution in [0.2, 0.25) is 0 Å². The zero-order valence-electron chi connectivity index (χ0n) is 21.6. The number of aromatic carboxylic acids is 1. The summed E-state index contributed by atoms with van der Waals surface area (Å²) in [4.78, 5) is 38.5. The summed E-state index contributed by atoms with van der Waals surface area (Å²) in [6.07, 6.45) is 3.06. The number of nitrogen functional groups attached to an aromatic ring is 3. The number of halogens is 3. The molecule has 2 aromatic carbocycles. The van der Waals surface area contributed by atoms with Gasteiger partial charge in [0.15, 0.2) is 23.3 Å². The van der Waals surface area contributed by atoms with E-state index < -0.39 is 46.0 Å². The number of fused-ring (bicyclic) bond motifs is 2. The lowest BCUT2D eigenvalue weighted by Crippen LogP contribution is -2.21. The Kier molecular flexibility index (Phi) is 6.17. The van der Waals surface area contributed by atoms with E-state index in [4.69, 9.17) is 17.2 Å². The molecule has 0 unspecified atom stereocenters. The first-order valence-electron chi connectivity index (χ1n) is 12.5. The maximum absolute atomic E-state index is 15.5. The molecule has 0 radical (unpaired) electrons. The number of carbonyl (C=O) groups is 1. The van der Waals surface area contributed by atoms with Crippen LogP contribution in [0.15, 0.2) is 53.6 Å². The van der Waals surface area contributed by atoms with E-state index in [1.165, 1.54) is 6.07 Å². The molecule has 42 heavy (non-hydrogen) atoms. The number of rotatable bonds is 5. The third kappa shape index (κ3) is 4.38. The van der Waals surface area contributed by atoms with E-state index in [2.05, 4.69) is 19.9 Å². The number of nitrogens with two attached hydrogens (primary N) is 3. The SMILES string of the molecule is Nc1ncc(CN2CCc3cc(-c4cc5c(cc4F)c(=O)c(C(=O)O)cn5-c4nc(N)c(F)cc4F)ccc32)c(N)n1. The lowest BCUT2D eigenvalue weighted by atomic mass is 9.99. The van der Waals surface area contributed by atoms with Gasteiger partial charge in [-0.3, -0.25) is 9.36 Å². The molecule has 1 aliphatic heterocycles. The Morgan fingerprint density at radius 2 is 1.76 bits per heavy atom. The standard InChI is InChI=1S/C28H21F3N8O3/c29-18-6-16-22(39(11-17(23(16)40)27(41)42)26-20(31)8-19(30)25(33)36-26)7-15(18)12-1-2-21-13(5-12)3-4-38(21)10-14-9-35-28(34)37-24(14)32/h1-2,5-9,11H,3-4,10H2,(H2,33,36)(H,41,42)(H4,32,34,35,37). The highest BCUT2D eigenvalue weighted by atomic mass is 19.1. The van der Waals surface area contributed by atoms with Gasteiger partial charge >= 0.3 is 5.97 Å². The van der Waals surface area contributed by atoms with Crippen LogP contribution < -0.4 is 27.5 Å². The minimum atomic E-state index is -1.62. The van der Waals surface area contributed by atoms with Gasteiger partial charge in [0, 0.05) is 53.8 Å². The number of nitrogens with zero attached hydrogens (tertiary/aromatic N) is 5. The molecule has 0 bridgehead atoms. The molecule has 0 saturated heterocycles. The van der Waals surface area contributed by atoms with E-state index in [1.54, 1.807) is 18.3 Å². The fourth-order valence-electron chi connectivity index (χ4n) is 5.10. The number of pyridine rings is 2. The van der Waals surface area contributed by atoms with E-state index >= 15 is 4.39 Å². The molecular weight excluding hydrogens is 553 g/mol. The highest BCUT2D eigenvalue weighted by Gasteiger charge is 2.24. The van der Waals surface area contributed by atoms with Gasteiger partial charge < -0.3 is 27.2 Å². The Hall–Kier alpha value is -5.66. The van der Waals surface area contributed by atoms with Gasteiger partial charge in [-0.2, -0.15) is 4.98 Å². The molecule has 6 rings (SSSR count). The molecule has 212 valence electrons. The van der Waals surface area contributed by atoms with Crippen molar-refractivity contribution in [1.82, 2.24) is 19.5 Å². The first kappa shape index (κ1) is 26.6. The smallest absolute Gasteiger partial charge is 0.341 e. The fraction of sp³-hybridized carbons (Fsp3) is 0.107. The molecule has 7 N–H and O–H groups in total. The molecule has 0 aliphatic carbocycles. The van der Waals surface area contributed by atoms with Gasteiger partial charge in [0.05, 0.1) is 5.52 Å². The van der Waals surface area contributed by atoms with Gasteiger partial charge in [0.2, 0.25) is 11.4 Å². The predicted molar refractivity (Wildman–Crippen MR) is 150 cm³/mol. The quantitative estimate of drug-likeness (QED) is 0.243. The normalized spacial score (nSPS) is 12.6. The Bertz CT molecular complexity index is 2010. The molecule has 0 spiro atoms. The van der Waals surface area contributed by atoms with Gasteiger partial charge in [-0.05, 0) is 41.8 Å². The van der Waals surface area contributed by atoms with Crippen molar-refractivity contribution < 1.29 is 23.1 Å². The first-order chi connectivity index (χ1) is 20.0. The maximum atomic E-state index is 15.5. The predicted octanol–water partition coefficient (Wildman–Crippen LogP) is 3.27. The topological polar surface area (TPSA) is 179 Å². The second-order valence-corrected chi connectivity index (χ2v) is 9.71. The van der Waals surface area contributed by atoms with Crippen LogP contribution in [0.4, 0.5) is 36.4 Å². The van der Waals surface area contributed by atoms with Crippen LogP contribution in [0.25, 0.3) is 27.8 Å². The van der Waals surface area contributed by atoms with Gasteiger partial charge in [-0.1, -0.05) is 6.07 Å². The molecule has 0 fully saturated rings. The maximum Gasteiger partial charge on any atom is 0.341 e. The van der Waals surface area contributed by atoms with E-state index in [0.29, 0.717) is 36.7 Å². The lowest BCUT2D eigenvalue weighted by Gasteiger charge is -2.20. The molecule has 11 nitrogen and oxygen atoms in total. The van der Waals surface area contributed by atoms with Crippen molar-refractivity contribution >= 4 is 40.1 Å². The van der Waals surface area contributed by atoms with E-state index in [-0.39, 0.29) is 28.2 Å². The lowest BCUT2D eigenvalue weighted by molar-refractivity contribution is 0.0695. The summed E-state index contributed by atoms with van der Waals surface area (Å²) >= 11 is 0. The molecule has 0 atom stereocenters. The van der Waals surface area contributed by atoms with Gasteiger partial charge in [0.25, 0.3) is 0 Å². The van der Waals surface area contributed by atoms with E-state index in [9.17, 15) is 23.5 Å². The van der Waals surface area contributed by atoms with Crippen molar-refractivity contribution in [2.75, 3.05) is 28.6 Å². The molecule has 3 aromatic heterocycles. The van der Waals surface area contributed by atoms with Crippen LogP contribution in [-0.4, -0.2) is 37.1 Å². The number of carboxylic acid groups (broad SMARTS) is 1. The second kappa shape index (κ2) is 9.76. The van der Waals surface area contributed by atoms with Crippen LogP contribution in [-0.2, 0) is 13.0 Å². The number of aromatic nitrogens is 4. The average Bonchev–Trinajstić information content (AvgIpc) is 3.34. The summed E-state index contributed by atoms with van der Waals surface area (Å²) in [5, 5.41) is 9.23. The number of anilines is 4. The summed E-state index contributed by atoms with van der Waals surface area (Å²) in [6.45, 7) is 1.08. The van der Waals surface area contributed by atoms with E-state index in [0.717, 1.165) is 28.1 Å². The zero-order valence-corrected chi connectivity index (χ0v) is 21.6. The third-order valence-electron chi connectivity index (χ3n) is 7.15. The number of benzene rings is 2. The second-order valence-electron chi connectivity index (χ2n) is 9.71. The van der Waals surface area contributed by atoms with Crippen LogP contribution in [0, 0.1) is 17.5 Å². The van der Waals surface area contributed by atoms with Crippen LogP contribution in [0.5, 0.6) is 0 Å². The first-order valence-corrected chi connectivity index (χ1v) is 12.5. The van der Waals surface area contributed by atoms with Gasteiger partial charge in [-0.25, -0.2) is 27.9 Å². The van der Waals surface area contributed by atoms with Crippen molar-refractivity contribution in [3.05, 3.63) is 93.2 Å². The molecule has 14 heteroatoms. The van der Waals surface area contributed by atoms with Gasteiger partial charge in [-0.15, -0.1) is 0 Å².